The van der Waals surface area contributed by atoms with E-state index in [2.05, 4.69) is 26.6 Å². The SMILES string of the molecule is O=C(NC[C@@H]1CCCN(Cc2cccc3nonc23)C1)c1ccccc1Cl. The first-order valence-corrected chi connectivity index (χ1v) is 9.54. The molecule has 2 heterocycles. The molecule has 0 aliphatic carbocycles. The maximum atomic E-state index is 12.4. The fourth-order valence-corrected chi connectivity index (χ4v) is 3.89. The molecule has 140 valence electrons. The Balaban J connectivity index is 1.35. The summed E-state index contributed by atoms with van der Waals surface area (Å²) in [7, 11) is 0. The van der Waals surface area contributed by atoms with Crippen LogP contribution in [0.2, 0.25) is 5.02 Å². The molecule has 4 rings (SSSR count). The van der Waals surface area contributed by atoms with Gasteiger partial charge in [-0.1, -0.05) is 35.9 Å². The molecule has 1 aliphatic rings. The third-order valence-electron chi connectivity index (χ3n) is 5.04. The Morgan fingerprint density at radius 3 is 3.00 bits per heavy atom. The minimum atomic E-state index is -0.115. The zero-order valence-corrected chi connectivity index (χ0v) is 15.7. The lowest BCUT2D eigenvalue weighted by Gasteiger charge is -2.32. The fraction of sp³-hybridized carbons (Fsp3) is 0.350. The van der Waals surface area contributed by atoms with Gasteiger partial charge in [0.2, 0.25) is 0 Å². The predicted octanol–water partition coefficient (Wildman–Crippen LogP) is 3.52. The van der Waals surface area contributed by atoms with E-state index >= 15 is 0 Å². The number of nitrogens with zero attached hydrogens (tertiary/aromatic N) is 3. The van der Waals surface area contributed by atoms with Gasteiger partial charge in [-0.3, -0.25) is 9.69 Å². The summed E-state index contributed by atoms with van der Waals surface area (Å²) in [5, 5.41) is 11.4. The van der Waals surface area contributed by atoms with E-state index in [1.165, 1.54) is 0 Å². The minimum Gasteiger partial charge on any atom is -0.352 e. The second-order valence-electron chi connectivity index (χ2n) is 6.98. The largest absolute Gasteiger partial charge is 0.352 e. The number of aromatic nitrogens is 2. The van der Waals surface area contributed by atoms with E-state index in [1.807, 2.05) is 24.3 Å². The number of rotatable bonds is 5. The number of nitrogens with one attached hydrogen (secondary N) is 1. The lowest BCUT2D eigenvalue weighted by Crippen LogP contribution is -2.40. The number of carbonyl (C=O) groups excluding carboxylic acids is 1. The molecule has 0 bridgehead atoms. The molecule has 27 heavy (non-hydrogen) atoms. The third kappa shape index (κ3) is 4.12. The second kappa shape index (κ2) is 8.06. The van der Waals surface area contributed by atoms with Crippen LogP contribution in [0.1, 0.15) is 28.8 Å². The monoisotopic (exact) mass is 384 g/mol. The molecule has 0 saturated carbocycles. The molecule has 1 saturated heterocycles. The van der Waals surface area contributed by atoms with Gasteiger partial charge >= 0.3 is 0 Å². The Bertz CT molecular complexity index is 942. The van der Waals surface area contributed by atoms with Gasteiger partial charge in [-0.2, -0.15) is 0 Å². The van der Waals surface area contributed by atoms with Gasteiger partial charge in [-0.25, -0.2) is 4.63 Å². The molecule has 1 N–H and O–H groups in total. The van der Waals surface area contributed by atoms with E-state index < -0.39 is 0 Å². The van der Waals surface area contributed by atoms with Crippen molar-refractivity contribution in [1.82, 2.24) is 20.5 Å². The van der Waals surface area contributed by atoms with Crippen molar-refractivity contribution in [2.75, 3.05) is 19.6 Å². The van der Waals surface area contributed by atoms with E-state index in [-0.39, 0.29) is 5.91 Å². The molecule has 6 nitrogen and oxygen atoms in total. The third-order valence-corrected chi connectivity index (χ3v) is 5.37. The van der Waals surface area contributed by atoms with E-state index in [0.29, 0.717) is 23.0 Å². The minimum absolute atomic E-state index is 0.115. The summed E-state index contributed by atoms with van der Waals surface area (Å²) >= 11 is 6.10. The van der Waals surface area contributed by atoms with E-state index in [0.717, 1.165) is 49.1 Å². The van der Waals surface area contributed by atoms with Crippen molar-refractivity contribution in [3.8, 4) is 0 Å². The van der Waals surface area contributed by atoms with E-state index in [9.17, 15) is 4.79 Å². The maximum Gasteiger partial charge on any atom is 0.252 e. The van der Waals surface area contributed by atoms with Gasteiger partial charge in [0.15, 0.2) is 0 Å². The number of amides is 1. The Morgan fingerprint density at radius 1 is 1.22 bits per heavy atom. The molecule has 0 spiro atoms. The molecule has 0 radical (unpaired) electrons. The molecule has 7 heteroatoms. The normalized spacial score (nSPS) is 17.9. The van der Waals surface area contributed by atoms with Crippen LogP contribution in [0.5, 0.6) is 0 Å². The molecule has 1 aromatic heterocycles. The Morgan fingerprint density at radius 2 is 2.11 bits per heavy atom. The number of fused-ring (bicyclic) bond motifs is 1. The zero-order valence-electron chi connectivity index (χ0n) is 14.9. The summed E-state index contributed by atoms with van der Waals surface area (Å²) in [6.07, 6.45) is 2.22. The lowest BCUT2D eigenvalue weighted by molar-refractivity contribution is 0.0931. The van der Waals surface area contributed by atoms with E-state index in [4.69, 9.17) is 16.2 Å². The van der Waals surface area contributed by atoms with Gasteiger partial charge in [-0.15, -0.1) is 0 Å². The van der Waals surface area contributed by atoms with Crippen LogP contribution >= 0.6 is 11.6 Å². The summed E-state index contributed by atoms with van der Waals surface area (Å²) < 4.78 is 4.86. The van der Waals surface area contributed by atoms with Crippen molar-refractivity contribution in [2.24, 2.45) is 5.92 Å². The van der Waals surface area contributed by atoms with Crippen molar-refractivity contribution in [2.45, 2.75) is 19.4 Å². The highest BCUT2D eigenvalue weighted by Gasteiger charge is 2.22. The van der Waals surface area contributed by atoms with Crippen molar-refractivity contribution in [3.05, 3.63) is 58.6 Å². The van der Waals surface area contributed by atoms with Gasteiger partial charge in [0.1, 0.15) is 11.0 Å². The average Bonchev–Trinajstić information content (AvgIpc) is 3.17. The van der Waals surface area contributed by atoms with Crippen LogP contribution in [0.15, 0.2) is 47.1 Å². The van der Waals surface area contributed by atoms with Crippen LogP contribution in [0.25, 0.3) is 11.0 Å². The smallest absolute Gasteiger partial charge is 0.252 e. The lowest BCUT2D eigenvalue weighted by atomic mass is 9.97. The quantitative estimate of drug-likeness (QED) is 0.728. The van der Waals surface area contributed by atoms with Crippen LogP contribution < -0.4 is 5.32 Å². The van der Waals surface area contributed by atoms with Crippen LogP contribution in [0.3, 0.4) is 0 Å². The number of likely N-dealkylation sites (tertiary alicyclic amines) is 1. The summed E-state index contributed by atoms with van der Waals surface area (Å²) in [5.41, 5.74) is 3.26. The van der Waals surface area contributed by atoms with Gasteiger partial charge in [0.05, 0.1) is 10.6 Å². The van der Waals surface area contributed by atoms with Crippen LogP contribution in [0.4, 0.5) is 0 Å². The number of benzene rings is 2. The first kappa shape index (κ1) is 17.9. The average molecular weight is 385 g/mol. The Kier molecular flexibility index (Phi) is 5.36. The van der Waals surface area contributed by atoms with Crippen molar-refractivity contribution >= 4 is 28.5 Å². The molecule has 1 fully saturated rings. The Labute approximate surface area is 162 Å². The summed E-state index contributed by atoms with van der Waals surface area (Å²) in [5.74, 6) is 0.302. The standard InChI is InChI=1S/C20H21ClN4O2/c21-17-8-2-1-7-16(17)20(26)22-11-14-5-4-10-25(12-14)13-15-6-3-9-18-19(15)24-27-23-18/h1-3,6-9,14H,4-5,10-13H2,(H,22,26)/t14-/m0/s1. The summed E-state index contributed by atoms with van der Waals surface area (Å²) in [6, 6.07) is 13.1. The van der Waals surface area contributed by atoms with Gasteiger partial charge in [-0.05, 0) is 59.4 Å². The molecule has 1 aliphatic heterocycles. The Hall–Kier alpha value is -2.44. The predicted molar refractivity (Wildman–Crippen MR) is 104 cm³/mol. The van der Waals surface area contributed by atoms with Crippen LogP contribution in [-0.4, -0.2) is 40.8 Å². The van der Waals surface area contributed by atoms with Crippen LogP contribution in [0, 0.1) is 5.92 Å². The summed E-state index contributed by atoms with van der Waals surface area (Å²) in [6.45, 7) is 3.43. The molecule has 1 atom stereocenters. The number of hydrogen-bond acceptors (Lipinski definition) is 5. The molecular formula is C20H21ClN4O2. The zero-order chi connectivity index (χ0) is 18.6. The summed E-state index contributed by atoms with van der Waals surface area (Å²) in [4.78, 5) is 14.8. The molecule has 3 aromatic rings. The highest BCUT2D eigenvalue weighted by atomic mass is 35.5. The first-order valence-electron chi connectivity index (χ1n) is 9.16. The van der Waals surface area contributed by atoms with Gasteiger partial charge in [0, 0.05) is 19.6 Å². The molecule has 1 amide bonds. The number of hydrogen-bond donors (Lipinski definition) is 1. The second-order valence-corrected chi connectivity index (χ2v) is 7.39. The first-order chi connectivity index (χ1) is 13.2. The van der Waals surface area contributed by atoms with Gasteiger partial charge in [0.25, 0.3) is 5.91 Å². The maximum absolute atomic E-state index is 12.4. The highest BCUT2D eigenvalue weighted by molar-refractivity contribution is 6.33. The van der Waals surface area contributed by atoms with Crippen LogP contribution in [-0.2, 0) is 6.54 Å². The number of piperidine rings is 1. The highest BCUT2D eigenvalue weighted by Crippen LogP contribution is 2.22. The topological polar surface area (TPSA) is 71.3 Å². The van der Waals surface area contributed by atoms with Crippen molar-refractivity contribution < 1.29 is 9.42 Å². The van der Waals surface area contributed by atoms with Gasteiger partial charge < -0.3 is 5.32 Å². The van der Waals surface area contributed by atoms with E-state index in [1.54, 1.807) is 12.1 Å². The number of halogens is 1. The molecular weight excluding hydrogens is 364 g/mol. The fourth-order valence-electron chi connectivity index (χ4n) is 3.67. The van der Waals surface area contributed by atoms with Crippen molar-refractivity contribution in [1.29, 1.82) is 0 Å². The molecule has 2 aromatic carbocycles. The number of carbonyl (C=O) groups is 1. The molecule has 0 unspecified atom stereocenters. The van der Waals surface area contributed by atoms with Crippen molar-refractivity contribution in [3.63, 3.8) is 0 Å².